The first kappa shape index (κ1) is 15.7. The molecule has 0 N–H and O–H groups in total. The zero-order chi connectivity index (χ0) is 16.8. The third-order valence-corrected chi connectivity index (χ3v) is 3.33. The van der Waals surface area contributed by atoms with Crippen LogP contribution in [-0.4, -0.2) is 18.0 Å². The zero-order valence-electron chi connectivity index (χ0n) is 13.0. The molecule has 122 valence electrons. The average Bonchev–Trinajstić information content (AvgIpc) is 3.13. The van der Waals surface area contributed by atoms with E-state index in [-0.39, 0.29) is 12.4 Å². The number of aromatic nitrogens is 1. The van der Waals surface area contributed by atoms with Crippen LogP contribution in [0.4, 0.5) is 4.39 Å². The first-order chi connectivity index (χ1) is 11.8. The molecule has 1 heterocycles. The number of hydrogen-bond donors (Lipinski definition) is 0. The number of nitrogens with zero attached hydrogens (tertiary/aromatic N) is 2. The van der Waals surface area contributed by atoms with Gasteiger partial charge in [-0.1, -0.05) is 40.6 Å². The van der Waals surface area contributed by atoms with Crippen molar-refractivity contribution in [1.29, 1.82) is 0 Å². The van der Waals surface area contributed by atoms with Crippen LogP contribution < -0.4 is 4.74 Å². The van der Waals surface area contributed by atoms with Gasteiger partial charge >= 0.3 is 0 Å². The number of rotatable bonds is 6. The summed E-state index contributed by atoms with van der Waals surface area (Å²) < 4.78 is 23.8. The molecule has 5 nitrogen and oxygen atoms in total. The topological polar surface area (TPSA) is 56.9 Å². The molecule has 0 saturated heterocycles. The molecule has 6 heteroatoms. The van der Waals surface area contributed by atoms with Crippen molar-refractivity contribution in [3.05, 3.63) is 83.5 Å². The third kappa shape index (κ3) is 3.60. The average molecular weight is 326 g/mol. The van der Waals surface area contributed by atoms with Gasteiger partial charge in [-0.2, -0.15) is 0 Å². The van der Waals surface area contributed by atoms with Gasteiger partial charge in [0.25, 0.3) is 0 Å². The Morgan fingerprint density at radius 2 is 2.04 bits per heavy atom. The Hall–Kier alpha value is -3.15. The number of ether oxygens (including phenoxy) is 1. The summed E-state index contributed by atoms with van der Waals surface area (Å²) in [5.74, 6) is 0.112. The number of benzene rings is 2. The molecule has 24 heavy (non-hydrogen) atoms. The Labute approximate surface area is 138 Å². The van der Waals surface area contributed by atoms with Gasteiger partial charge in [0.2, 0.25) is 0 Å². The van der Waals surface area contributed by atoms with Gasteiger partial charge in [0.15, 0.2) is 0 Å². The molecule has 0 unspecified atom stereocenters. The lowest BCUT2D eigenvalue weighted by Gasteiger charge is -2.11. The molecule has 0 spiro atoms. The van der Waals surface area contributed by atoms with Crippen molar-refractivity contribution >= 4 is 5.71 Å². The highest BCUT2D eigenvalue weighted by Crippen LogP contribution is 2.19. The molecule has 0 amide bonds. The maximum Gasteiger partial charge on any atom is 0.139 e. The standard InChI is InChI=1S/C18H15FN2O3/c1-22-21-18(17-9-10-24-20-17)16-8-3-2-5-13(16)12-23-15-7-4-6-14(19)11-15/h2-11H,12H2,1H3. The largest absolute Gasteiger partial charge is 0.489 e. The van der Waals surface area contributed by atoms with Crippen LogP contribution in [0.5, 0.6) is 5.75 Å². The van der Waals surface area contributed by atoms with Gasteiger partial charge in [-0.15, -0.1) is 0 Å². The monoisotopic (exact) mass is 326 g/mol. The fourth-order valence-corrected chi connectivity index (χ4v) is 2.25. The molecule has 0 aliphatic carbocycles. The van der Waals surface area contributed by atoms with Crippen LogP contribution in [0.15, 0.2) is 70.5 Å². The first-order valence-corrected chi connectivity index (χ1v) is 7.26. The Kier molecular flexibility index (Phi) is 4.86. The van der Waals surface area contributed by atoms with E-state index < -0.39 is 0 Å². The van der Waals surface area contributed by atoms with Gasteiger partial charge in [0, 0.05) is 17.7 Å². The lowest BCUT2D eigenvalue weighted by atomic mass is 10.0. The molecule has 2 aromatic carbocycles. The minimum absolute atomic E-state index is 0.250. The molecule has 0 aliphatic rings. The molecule has 0 saturated carbocycles. The Balaban J connectivity index is 1.88. The predicted octanol–water partition coefficient (Wildman–Crippen LogP) is 3.79. The van der Waals surface area contributed by atoms with E-state index in [9.17, 15) is 4.39 Å². The summed E-state index contributed by atoms with van der Waals surface area (Å²) in [7, 11) is 1.46. The highest BCUT2D eigenvalue weighted by atomic mass is 19.1. The normalized spacial score (nSPS) is 11.3. The van der Waals surface area contributed by atoms with Crippen molar-refractivity contribution in [3.8, 4) is 5.75 Å². The van der Waals surface area contributed by atoms with Crippen molar-refractivity contribution in [3.63, 3.8) is 0 Å². The maximum absolute atomic E-state index is 13.3. The fourth-order valence-electron chi connectivity index (χ4n) is 2.25. The summed E-state index contributed by atoms with van der Waals surface area (Å²) in [4.78, 5) is 4.93. The molecule has 0 fully saturated rings. The van der Waals surface area contributed by atoms with E-state index >= 15 is 0 Å². The van der Waals surface area contributed by atoms with Crippen LogP contribution in [0.2, 0.25) is 0 Å². The third-order valence-electron chi connectivity index (χ3n) is 3.33. The predicted molar refractivity (Wildman–Crippen MR) is 86.3 cm³/mol. The quantitative estimate of drug-likeness (QED) is 0.511. The van der Waals surface area contributed by atoms with E-state index in [1.54, 1.807) is 18.2 Å². The second-order valence-corrected chi connectivity index (χ2v) is 4.91. The van der Waals surface area contributed by atoms with Crippen LogP contribution in [0.1, 0.15) is 16.8 Å². The smallest absolute Gasteiger partial charge is 0.139 e. The summed E-state index contributed by atoms with van der Waals surface area (Å²) in [6, 6.07) is 15.3. The summed E-state index contributed by atoms with van der Waals surface area (Å²) in [6.45, 7) is 0.250. The molecule has 1 aromatic heterocycles. The van der Waals surface area contributed by atoms with Crippen molar-refractivity contribution in [2.45, 2.75) is 6.61 Å². The van der Waals surface area contributed by atoms with Crippen molar-refractivity contribution in [2.75, 3.05) is 7.11 Å². The maximum atomic E-state index is 13.3. The van der Waals surface area contributed by atoms with Crippen LogP contribution in [0, 0.1) is 5.82 Å². The summed E-state index contributed by atoms with van der Waals surface area (Å²) in [5.41, 5.74) is 2.74. The molecular formula is C18H15FN2O3. The molecule has 0 aliphatic heterocycles. The fraction of sp³-hybridized carbons (Fsp3) is 0.111. The van der Waals surface area contributed by atoms with Crippen LogP contribution in [0.3, 0.4) is 0 Å². The Morgan fingerprint density at radius 3 is 2.79 bits per heavy atom. The summed E-state index contributed by atoms with van der Waals surface area (Å²) in [6.07, 6.45) is 1.46. The van der Waals surface area contributed by atoms with E-state index in [0.29, 0.717) is 17.2 Å². The van der Waals surface area contributed by atoms with Gasteiger partial charge in [-0.05, 0) is 17.7 Å². The lowest BCUT2D eigenvalue weighted by molar-refractivity contribution is 0.213. The van der Waals surface area contributed by atoms with Crippen molar-refractivity contribution < 1.29 is 18.5 Å². The van der Waals surface area contributed by atoms with Gasteiger partial charge in [-0.3, -0.25) is 0 Å². The Bertz CT molecular complexity index is 832. The summed E-state index contributed by atoms with van der Waals surface area (Å²) >= 11 is 0. The molecule has 0 radical (unpaired) electrons. The molecular weight excluding hydrogens is 311 g/mol. The second kappa shape index (κ2) is 7.41. The van der Waals surface area contributed by atoms with E-state index in [0.717, 1.165) is 11.1 Å². The lowest BCUT2D eigenvalue weighted by Crippen LogP contribution is -2.10. The zero-order valence-corrected chi connectivity index (χ0v) is 13.0. The minimum Gasteiger partial charge on any atom is -0.489 e. The SMILES string of the molecule is CON=C(c1ccon1)c1ccccc1COc1cccc(F)c1. The highest BCUT2D eigenvalue weighted by Gasteiger charge is 2.15. The number of hydrogen-bond acceptors (Lipinski definition) is 5. The Morgan fingerprint density at radius 1 is 1.17 bits per heavy atom. The van der Waals surface area contributed by atoms with E-state index in [4.69, 9.17) is 14.1 Å². The molecule has 0 bridgehead atoms. The van der Waals surface area contributed by atoms with Gasteiger partial charge < -0.3 is 14.1 Å². The van der Waals surface area contributed by atoms with Crippen LogP contribution in [-0.2, 0) is 11.4 Å². The highest BCUT2D eigenvalue weighted by molar-refractivity contribution is 6.12. The summed E-state index contributed by atoms with van der Waals surface area (Å²) in [5, 5.41) is 7.95. The first-order valence-electron chi connectivity index (χ1n) is 7.26. The van der Waals surface area contributed by atoms with E-state index in [2.05, 4.69) is 10.3 Å². The van der Waals surface area contributed by atoms with Crippen molar-refractivity contribution in [1.82, 2.24) is 5.16 Å². The second-order valence-electron chi connectivity index (χ2n) is 4.91. The molecule has 3 aromatic rings. The van der Waals surface area contributed by atoms with E-state index in [1.807, 2.05) is 24.3 Å². The number of halogens is 1. The molecule has 3 rings (SSSR count). The van der Waals surface area contributed by atoms with Crippen molar-refractivity contribution in [2.24, 2.45) is 5.16 Å². The minimum atomic E-state index is -0.343. The van der Waals surface area contributed by atoms with E-state index in [1.165, 1.54) is 25.5 Å². The van der Waals surface area contributed by atoms with Crippen LogP contribution in [0.25, 0.3) is 0 Å². The van der Waals surface area contributed by atoms with Crippen LogP contribution >= 0.6 is 0 Å². The molecule has 0 atom stereocenters. The van der Waals surface area contributed by atoms with Gasteiger partial charge in [0.1, 0.15) is 43.0 Å². The number of oxime groups is 1. The van der Waals surface area contributed by atoms with Gasteiger partial charge in [0.05, 0.1) is 0 Å². The van der Waals surface area contributed by atoms with Gasteiger partial charge in [-0.25, -0.2) is 4.39 Å².